The summed E-state index contributed by atoms with van der Waals surface area (Å²) >= 11 is 4.94. The summed E-state index contributed by atoms with van der Waals surface area (Å²) in [5.74, 6) is 0.802. The van der Waals surface area contributed by atoms with Crippen LogP contribution in [0.25, 0.3) is 0 Å². The SMILES string of the molecule is Cc1cc(C)c(C)c(Oc2ccc(F)cc2C(N)=S)c1. The average molecular weight is 289 g/mol. The minimum atomic E-state index is -0.391. The van der Waals surface area contributed by atoms with Gasteiger partial charge in [-0.15, -0.1) is 0 Å². The van der Waals surface area contributed by atoms with E-state index in [4.69, 9.17) is 22.7 Å². The maximum atomic E-state index is 13.3. The summed E-state index contributed by atoms with van der Waals surface area (Å²) in [4.78, 5) is 0.113. The van der Waals surface area contributed by atoms with E-state index in [1.165, 1.54) is 12.1 Å². The number of rotatable bonds is 3. The predicted molar refractivity (Wildman–Crippen MR) is 83.0 cm³/mol. The van der Waals surface area contributed by atoms with E-state index in [9.17, 15) is 4.39 Å². The molecule has 20 heavy (non-hydrogen) atoms. The van der Waals surface area contributed by atoms with E-state index in [1.807, 2.05) is 26.8 Å². The highest BCUT2D eigenvalue weighted by Crippen LogP contribution is 2.31. The van der Waals surface area contributed by atoms with Crippen LogP contribution >= 0.6 is 12.2 Å². The molecule has 0 radical (unpaired) electrons. The lowest BCUT2D eigenvalue weighted by atomic mass is 10.1. The van der Waals surface area contributed by atoms with Gasteiger partial charge in [0.1, 0.15) is 22.3 Å². The number of nitrogens with two attached hydrogens (primary N) is 1. The Balaban J connectivity index is 2.48. The number of benzene rings is 2. The van der Waals surface area contributed by atoms with Gasteiger partial charge in [0.25, 0.3) is 0 Å². The lowest BCUT2D eigenvalue weighted by molar-refractivity contribution is 0.475. The fourth-order valence-electron chi connectivity index (χ4n) is 2.01. The third-order valence-corrected chi connectivity index (χ3v) is 3.41. The highest BCUT2D eigenvalue weighted by atomic mass is 32.1. The number of hydrogen-bond donors (Lipinski definition) is 1. The van der Waals surface area contributed by atoms with Crippen LogP contribution in [0.3, 0.4) is 0 Å². The Kier molecular flexibility index (Phi) is 4.04. The van der Waals surface area contributed by atoms with Gasteiger partial charge in [-0.25, -0.2) is 4.39 Å². The van der Waals surface area contributed by atoms with Crippen molar-refractivity contribution in [1.29, 1.82) is 0 Å². The molecule has 0 atom stereocenters. The minimum Gasteiger partial charge on any atom is -0.456 e. The van der Waals surface area contributed by atoms with Gasteiger partial charge in [0.05, 0.1) is 5.56 Å². The molecule has 0 saturated carbocycles. The fourth-order valence-corrected chi connectivity index (χ4v) is 2.17. The van der Waals surface area contributed by atoms with Gasteiger partial charge in [-0.3, -0.25) is 0 Å². The van der Waals surface area contributed by atoms with Crippen LogP contribution in [0.5, 0.6) is 11.5 Å². The van der Waals surface area contributed by atoms with Gasteiger partial charge in [0, 0.05) is 0 Å². The highest BCUT2D eigenvalue weighted by Gasteiger charge is 2.11. The van der Waals surface area contributed by atoms with Gasteiger partial charge >= 0.3 is 0 Å². The number of aryl methyl sites for hydroxylation is 2. The van der Waals surface area contributed by atoms with Gasteiger partial charge in [0.15, 0.2) is 0 Å². The number of halogens is 1. The Morgan fingerprint density at radius 3 is 2.45 bits per heavy atom. The van der Waals surface area contributed by atoms with Crippen molar-refractivity contribution in [2.24, 2.45) is 5.73 Å². The van der Waals surface area contributed by atoms with Crippen LogP contribution in [0, 0.1) is 26.6 Å². The largest absolute Gasteiger partial charge is 0.456 e. The molecule has 0 aliphatic heterocycles. The first-order chi connectivity index (χ1) is 9.38. The molecule has 0 bridgehead atoms. The number of thiocarbonyl (C=S) groups is 1. The highest BCUT2D eigenvalue weighted by molar-refractivity contribution is 7.80. The molecule has 0 spiro atoms. The Labute approximate surface area is 123 Å². The molecule has 0 aromatic heterocycles. The fraction of sp³-hybridized carbons (Fsp3) is 0.188. The molecule has 0 heterocycles. The van der Waals surface area contributed by atoms with E-state index in [1.54, 1.807) is 6.07 Å². The molecule has 0 unspecified atom stereocenters. The topological polar surface area (TPSA) is 35.2 Å². The van der Waals surface area contributed by atoms with E-state index in [0.29, 0.717) is 11.3 Å². The summed E-state index contributed by atoms with van der Waals surface area (Å²) in [6, 6.07) is 8.18. The van der Waals surface area contributed by atoms with Gasteiger partial charge in [-0.05, 0) is 61.7 Å². The maximum Gasteiger partial charge on any atom is 0.137 e. The van der Waals surface area contributed by atoms with E-state index in [0.717, 1.165) is 22.4 Å². The van der Waals surface area contributed by atoms with Crippen molar-refractivity contribution >= 4 is 17.2 Å². The maximum absolute atomic E-state index is 13.3. The summed E-state index contributed by atoms with van der Waals surface area (Å²) in [6.07, 6.45) is 0. The van der Waals surface area contributed by atoms with Crippen LogP contribution in [0.4, 0.5) is 4.39 Å². The lowest BCUT2D eigenvalue weighted by Gasteiger charge is -2.14. The molecule has 2 aromatic rings. The van der Waals surface area contributed by atoms with E-state index in [2.05, 4.69) is 6.07 Å². The smallest absolute Gasteiger partial charge is 0.137 e. The van der Waals surface area contributed by atoms with Crippen molar-refractivity contribution in [1.82, 2.24) is 0 Å². The summed E-state index contributed by atoms with van der Waals surface area (Å²) in [5, 5.41) is 0. The molecule has 0 fully saturated rings. The standard InChI is InChI=1S/C16H16FNOS/c1-9-6-10(2)11(3)15(7-9)19-14-5-4-12(17)8-13(14)16(18)20/h4-8H,1-3H3,(H2,18,20). The first-order valence-corrected chi connectivity index (χ1v) is 6.64. The van der Waals surface area contributed by atoms with Crippen molar-refractivity contribution in [2.75, 3.05) is 0 Å². The summed E-state index contributed by atoms with van der Waals surface area (Å²) in [6.45, 7) is 6.00. The van der Waals surface area contributed by atoms with Gasteiger partial charge in [-0.2, -0.15) is 0 Å². The molecular weight excluding hydrogens is 273 g/mol. The Hall–Kier alpha value is -1.94. The Morgan fingerprint density at radius 1 is 1.10 bits per heavy atom. The third-order valence-electron chi connectivity index (χ3n) is 3.19. The van der Waals surface area contributed by atoms with E-state index < -0.39 is 5.82 Å². The van der Waals surface area contributed by atoms with Gasteiger partial charge in [0.2, 0.25) is 0 Å². The van der Waals surface area contributed by atoms with Gasteiger partial charge in [-0.1, -0.05) is 18.3 Å². The second kappa shape index (κ2) is 5.59. The van der Waals surface area contributed by atoms with Crippen molar-refractivity contribution in [3.05, 3.63) is 58.4 Å². The lowest BCUT2D eigenvalue weighted by Crippen LogP contribution is -2.11. The van der Waals surface area contributed by atoms with Crippen molar-refractivity contribution < 1.29 is 9.13 Å². The zero-order valence-corrected chi connectivity index (χ0v) is 12.5. The summed E-state index contributed by atoms with van der Waals surface area (Å²) < 4.78 is 19.2. The molecule has 2 N–H and O–H groups in total. The van der Waals surface area contributed by atoms with Gasteiger partial charge < -0.3 is 10.5 Å². The zero-order chi connectivity index (χ0) is 14.9. The number of ether oxygens (including phenoxy) is 1. The molecule has 2 aromatic carbocycles. The van der Waals surface area contributed by atoms with Crippen molar-refractivity contribution in [3.63, 3.8) is 0 Å². The molecule has 2 rings (SSSR count). The monoisotopic (exact) mass is 289 g/mol. The predicted octanol–water partition coefficient (Wildman–Crippen LogP) is 4.18. The summed E-state index contributed by atoms with van der Waals surface area (Å²) in [7, 11) is 0. The normalized spacial score (nSPS) is 10.4. The average Bonchev–Trinajstić information content (AvgIpc) is 2.37. The van der Waals surface area contributed by atoms with Crippen LogP contribution in [-0.2, 0) is 0 Å². The van der Waals surface area contributed by atoms with Crippen LogP contribution in [-0.4, -0.2) is 4.99 Å². The number of hydrogen-bond acceptors (Lipinski definition) is 2. The molecule has 0 aliphatic rings. The van der Waals surface area contributed by atoms with Crippen LogP contribution < -0.4 is 10.5 Å². The molecule has 4 heteroatoms. The first-order valence-electron chi connectivity index (χ1n) is 6.23. The molecule has 0 aliphatic carbocycles. The van der Waals surface area contributed by atoms with E-state index >= 15 is 0 Å². The molecule has 2 nitrogen and oxygen atoms in total. The minimum absolute atomic E-state index is 0.113. The molecular formula is C16H16FNOS. The third kappa shape index (κ3) is 2.96. The van der Waals surface area contributed by atoms with Crippen molar-refractivity contribution in [3.8, 4) is 11.5 Å². The molecule has 0 amide bonds. The first kappa shape index (κ1) is 14.5. The second-order valence-corrected chi connectivity index (χ2v) is 5.25. The summed E-state index contributed by atoms with van der Waals surface area (Å²) in [5.41, 5.74) is 9.29. The Morgan fingerprint density at radius 2 is 1.80 bits per heavy atom. The Bertz CT molecular complexity index is 682. The molecule has 0 saturated heterocycles. The molecule has 104 valence electrons. The zero-order valence-electron chi connectivity index (χ0n) is 11.7. The van der Waals surface area contributed by atoms with E-state index in [-0.39, 0.29) is 4.99 Å². The second-order valence-electron chi connectivity index (χ2n) is 4.81. The van der Waals surface area contributed by atoms with Crippen molar-refractivity contribution in [2.45, 2.75) is 20.8 Å². The van der Waals surface area contributed by atoms with Crippen LogP contribution in [0.15, 0.2) is 30.3 Å². The van der Waals surface area contributed by atoms with Crippen LogP contribution in [0.1, 0.15) is 22.3 Å². The quantitative estimate of drug-likeness (QED) is 0.861. The van der Waals surface area contributed by atoms with Crippen LogP contribution in [0.2, 0.25) is 0 Å².